The molecule has 136 valence electrons. The van der Waals surface area contributed by atoms with Crippen molar-refractivity contribution in [2.45, 2.75) is 32.6 Å². The molecule has 0 amide bonds. The highest BCUT2D eigenvalue weighted by molar-refractivity contribution is 7.89. The summed E-state index contributed by atoms with van der Waals surface area (Å²) in [5.74, 6) is 1.23. The summed E-state index contributed by atoms with van der Waals surface area (Å²) < 4.78 is 26.6. The third-order valence-corrected chi connectivity index (χ3v) is 6.30. The highest BCUT2D eigenvalue weighted by Gasteiger charge is 2.19. The molecular weight excluding hydrogens is 344 g/mol. The Labute approximate surface area is 149 Å². The van der Waals surface area contributed by atoms with Crippen LogP contribution in [0.1, 0.15) is 31.1 Å². The summed E-state index contributed by atoms with van der Waals surface area (Å²) in [6.07, 6.45) is 4.43. The van der Waals surface area contributed by atoms with Crippen molar-refractivity contribution in [1.82, 2.24) is 15.4 Å². The Morgan fingerprint density at radius 3 is 2.83 bits per heavy atom. The van der Waals surface area contributed by atoms with Crippen LogP contribution < -0.4 is 15.4 Å². The lowest BCUT2D eigenvalue weighted by Gasteiger charge is -2.25. The van der Waals surface area contributed by atoms with Crippen LogP contribution in [-0.4, -0.2) is 46.3 Å². The van der Waals surface area contributed by atoms with Crippen molar-refractivity contribution in [3.05, 3.63) is 22.4 Å². The summed E-state index contributed by atoms with van der Waals surface area (Å²) in [7, 11) is -3.23. The molecule has 1 heterocycles. The zero-order valence-corrected chi connectivity index (χ0v) is 15.9. The highest BCUT2D eigenvalue weighted by atomic mass is 32.2. The second-order valence-corrected chi connectivity index (χ2v) is 8.94. The van der Waals surface area contributed by atoms with Gasteiger partial charge in [0.25, 0.3) is 0 Å². The maximum Gasteiger partial charge on any atom is 0.213 e. The molecule has 0 aromatic carbocycles. The predicted molar refractivity (Wildman–Crippen MR) is 101 cm³/mol. The van der Waals surface area contributed by atoms with E-state index in [0.717, 1.165) is 32.4 Å². The molecule has 1 aliphatic carbocycles. The van der Waals surface area contributed by atoms with E-state index >= 15 is 0 Å². The number of guanidine groups is 1. The highest BCUT2D eigenvalue weighted by Crippen LogP contribution is 2.25. The van der Waals surface area contributed by atoms with Crippen LogP contribution in [0.2, 0.25) is 0 Å². The van der Waals surface area contributed by atoms with Gasteiger partial charge in [-0.15, -0.1) is 11.3 Å². The molecule has 2 rings (SSSR count). The SMILES string of the molecule is CCNC(=NCCS(=O)(=O)NCC1CCC1)NCCc1cccs1. The fraction of sp³-hybridized carbons (Fsp3) is 0.688. The number of nitrogens with zero attached hydrogens (tertiary/aromatic N) is 1. The Morgan fingerprint density at radius 1 is 1.38 bits per heavy atom. The van der Waals surface area contributed by atoms with Crippen LogP contribution in [0.5, 0.6) is 0 Å². The Bertz CT molecular complexity index is 596. The lowest BCUT2D eigenvalue weighted by Crippen LogP contribution is -2.39. The average Bonchev–Trinajstić information content (AvgIpc) is 2.98. The van der Waals surface area contributed by atoms with Crippen LogP contribution >= 0.6 is 11.3 Å². The number of thiophene rings is 1. The molecule has 0 atom stereocenters. The monoisotopic (exact) mass is 372 g/mol. The largest absolute Gasteiger partial charge is 0.357 e. The maximum atomic E-state index is 12.0. The van der Waals surface area contributed by atoms with E-state index in [2.05, 4.69) is 31.8 Å². The average molecular weight is 373 g/mol. The van der Waals surface area contributed by atoms with E-state index < -0.39 is 10.0 Å². The molecule has 1 aromatic rings. The lowest BCUT2D eigenvalue weighted by molar-refractivity contribution is 0.316. The van der Waals surface area contributed by atoms with Crippen LogP contribution in [0.3, 0.4) is 0 Å². The second-order valence-electron chi connectivity index (χ2n) is 5.98. The topological polar surface area (TPSA) is 82.6 Å². The van der Waals surface area contributed by atoms with Gasteiger partial charge in [0.05, 0.1) is 12.3 Å². The van der Waals surface area contributed by atoms with E-state index in [4.69, 9.17) is 0 Å². The molecule has 0 spiro atoms. The van der Waals surface area contributed by atoms with Gasteiger partial charge in [-0.25, -0.2) is 13.1 Å². The number of nitrogens with one attached hydrogen (secondary N) is 3. The number of hydrogen-bond donors (Lipinski definition) is 3. The Hall–Kier alpha value is -1.12. The fourth-order valence-electron chi connectivity index (χ4n) is 2.39. The van der Waals surface area contributed by atoms with Gasteiger partial charge >= 0.3 is 0 Å². The maximum absolute atomic E-state index is 12.0. The van der Waals surface area contributed by atoms with Crippen LogP contribution in [0.4, 0.5) is 0 Å². The molecule has 8 heteroatoms. The molecule has 0 bridgehead atoms. The zero-order valence-electron chi connectivity index (χ0n) is 14.3. The van der Waals surface area contributed by atoms with Crippen molar-refractivity contribution < 1.29 is 8.42 Å². The number of aliphatic imine (C=N–C) groups is 1. The molecule has 1 fully saturated rings. The van der Waals surface area contributed by atoms with Gasteiger partial charge in [-0.05, 0) is 43.6 Å². The third kappa shape index (κ3) is 7.19. The van der Waals surface area contributed by atoms with Crippen LogP contribution in [0.15, 0.2) is 22.5 Å². The smallest absolute Gasteiger partial charge is 0.213 e. The lowest BCUT2D eigenvalue weighted by atomic mass is 9.86. The molecule has 1 saturated carbocycles. The molecule has 0 radical (unpaired) electrons. The molecule has 0 saturated heterocycles. The summed E-state index contributed by atoms with van der Waals surface area (Å²) in [5.41, 5.74) is 0. The van der Waals surface area contributed by atoms with E-state index in [1.165, 1.54) is 11.3 Å². The number of sulfonamides is 1. The van der Waals surface area contributed by atoms with Crippen molar-refractivity contribution in [3.63, 3.8) is 0 Å². The number of hydrogen-bond acceptors (Lipinski definition) is 4. The van der Waals surface area contributed by atoms with Gasteiger partial charge in [-0.1, -0.05) is 12.5 Å². The van der Waals surface area contributed by atoms with E-state index in [-0.39, 0.29) is 12.3 Å². The summed E-state index contributed by atoms with van der Waals surface area (Å²) in [6.45, 7) is 4.35. The molecular formula is C16H28N4O2S2. The number of rotatable bonds is 10. The van der Waals surface area contributed by atoms with Crippen LogP contribution in [0.25, 0.3) is 0 Å². The zero-order chi connectivity index (χ0) is 17.3. The second kappa shape index (κ2) is 10.0. The minimum Gasteiger partial charge on any atom is -0.357 e. The summed E-state index contributed by atoms with van der Waals surface area (Å²) >= 11 is 1.74. The fourth-order valence-corrected chi connectivity index (χ4v) is 4.07. The van der Waals surface area contributed by atoms with Crippen molar-refractivity contribution in [2.24, 2.45) is 10.9 Å². The summed E-state index contributed by atoms with van der Waals surface area (Å²) in [4.78, 5) is 5.68. The van der Waals surface area contributed by atoms with Gasteiger partial charge in [0.2, 0.25) is 10.0 Å². The van der Waals surface area contributed by atoms with Gasteiger partial charge in [-0.2, -0.15) is 0 Å². The molecule has 0 aliphatic heterocycles. The molecule has 0 unspecified atom stereocenters. The van der Waals surface area contributed by atoms with Crippen molar-refractivity contribution >= 4 is 27.3 Å². The Kier molecular flexibility index (Phi) is 8.01. The van der Waals surface area contributed by atoms with Crippen molar-refractivity contribution in [1.29, 1.82) is 0 Å². The van der Waals surface area contributed by atoms with Crippen molar-refractivity contribution in [3.8, 4) is 0 Å². The van der Waals surface area contributed by atoms with Gasteiger partial charge in [0.1, 0.15) is 0 Å². The van der Waals surface area contributed by atoms with Crippen LogP contribution in [-0.2, 0) is 16.4 Å². The van der Waals surface area contributed by atoms with E-state index in [9.17, 15) is 8.42 Å². The normalized spacial score (nSPS) is 16.0. The van der Waals surface area contributed by atoms with Crippen molar-refractivity contribution in [2.75, 3.05) is 31.9 Å². The quantitative estimate of drug-likeness (QED) is 0.430. The molecule has 24 heavy (non-hydrogen) atoms. The van der Waals surface area contributed by atoms with E-state index in [0.29, 0.717) is 18.4 Å². The first kappa shape index (κ1) is 19.2. The first-order valence-electron chi connectivity index (χ1n) is 8.61. The van der Waals surface area contributed by atoms with Gasteiger partial charge in [-0.3, -0.25) is 4.99 Å². The Morgan fingerprint density at radius 2 is 2.21 bits per heavy atom. The minimum atomic E-state index is -3.23. The van der Waals surface area contributed by atoms with E-state index in [1.807, 2.05) is 13.0 Å². The van der Waals surface area contributed by atoms with Crippen LogP contribution in [0, 0.1) is 5.92 Å². The molecule has 1 aromatic heterocycles. The molecule has 1 aliphatic rings. The van der Waals surface area contributed by atoms with Gasteiger partial charge < -0.3 is 10.6 Å². The minimum absolute atomic E-state index is 0.0290. The van der Waals surface area contributed by atoms with Gasteiger partial charge in [0.15, 0.2) is 5.96 Å². The molecule has 6 nitrogen and oxygen atoms in total. The standard InChI is InChI=1S/C16H28N4O2S2/c1-2-17-16(18-9-8-15-7-4-11-23-15)19-10-12-24(21,22)20-13-14-5-3-6-14/h4,7,11,14,20H,2-3,5-6,8-10,12-13H2,1H3,(H2,17,18,19). The molecule has 3 N–H and O–H groups in total. The summed E-state index contributed by atoms with van der Waals surface area (Å²) in [5, 5.41) is 8.45. The first-order chi connectivity index (χ1) is 11.6. The summed E-state index contributed by atoms with van der Waals surface area (Å²) in [6, 6.07) is 4.15. The predicted octanol–water partition coefficient (Wildman–Crippen LogP) is 1.57. The Balaban J connectivity index is 1.70. The van der Waals surface area contributed by atoms with Gasteiger partial charge in [0, 0.05) is 24.5 Å². The third-order valence-electron chi connectivity index (χ3n) is 4.03. The first-order valence-corrected chi connectivity index (χ1v) is 11.1. The van der Waals surface area contributed by atoms with E-state index in [1.54, 1.807) is 11.3 Å².